The Hall–Kier alpha value is -8.83. The largest absolute Gasteiger partial charge is 0.481 e. The number of carboxylic acid groups (broad SMARTS) is 1. The standard InChI is InChI=1S/C26H29N3O3.C19H24N2.C13H17NO.C7H7NO4.C6H7N/c30-24-11-12-25(31)28(24)20-16-26(32)29(22-9-5-2-6-10-22)23-14-18-27(19-15-23)17-13-21-7-3-1-4-8-21;1-3-7-17(8-4-1)11-14-21-15-12-19(13-16-21)20-18-9-5-2-6-10-18;15-13-7-10-14(11-8-13)9-6-12-4-2-1-3-5-12;9-5-1-2-6(10)8(5)4-3-7(11)12;7-6-4-2-1-3-5-6/h1-12,23H,13-20H2;1-10,19-20H,11-16H2;1-5H,6-11H2;1-2H,3-4H2,(H,11,12);1-5H,7H2. The highest BCUT2D eigenvalue weighted by Gasteiger charge is 2.31. The van der Waals surface area contributed by atoms with E-state index in [2.05, 4.69) is 129 Å². The highest BCUT2D eigenvalue weighted by molar-refractivity contribution is 6.13. The number of nitrogens with zero attached hydrogens (tertiary/aromatic N) is 6. The van der Waals surface area contributed by atoms with Gasteiger partial charge in [0.05, 0.1) is 6.42 Å². The summed E-state index contributed by atoms with van der Waals surface area (Å²) >= 11 is 0. The number of nitrogens with one attached hydrogen (secondary N) is 1. The number of Topliss-reactive ketones (excluding diaryl/α,β-unsaturated/α-hetero) is 1. The van der Waals surface area contributed by atoms with E-state index in [4.69, 9.17) is 10.8 Å². The average Bonchev–Trinajstić information content (AvgIpc) is 4.09. The lowest BCUT2D eigenvalue weighted by atomic mass is 10.0. The molecule has 0 saturated carbocycles. The Labute approximate surface area is 512 Å². The van der Waals surface area contributed by atoms with Gasteiger partial charge in [0, 0.05) is 145 Å². The van der Waals surface area contributed by atoms with Crippen molar-refractivity contribution >= 4 is 58.4 Å². The summed E-state index contributed by atoms with van der Waals surface area (Å²) < 4.78 is 0. The van der Waals surface area contributed by atoms with E-state index in [0.717, 1.165) is 118 Å². The smallest absolute Gasteiger partial charge is 0.305 e. The van der Waals surface area contributed by atoms with Gasteiger partial charge in [-0.25, -0.2) is 0 Å². The predicted molar refractivity (Wildman–Crippen MR) is 343 cm³/mol. The Morgan fingerprint density at radius 2 is 0.805 bits per heavy atom. The molecule has 0 aliphatic carbocycles. The lowest BCUT2D eigenvalue weighted by Gasteiger charge is -2.39. The Balaban J connectivity index is 0.000000169. The molecule has 3 fully saturated rings. The van der Waals surface area contributed by atoms with Crippen molar-refractivity contribution in [2.24, 2.45) is 0 Å². The minimum absolute atomic E-state index is 0.0496. The number of likely N-dealkylation sites (tertiary alicyclic amines) is 3. The highest BCUT2D eigenvalue weighted by Crippen LogP contribution is 2.26. The van der Waals surface area contributed by atoms with Gasteiger partial charge in [-0.2, -0.15) is 0 Å². The monoisotopic (exact) mass is 1180 g/mol. The van der Waals surface area contributed by atoms with Crippen molar-refractivity contribution in [3.8, 4) is 0 Å². The number of imide groups is 2. The van der Waals surface area contributed by atoms with E-state index in [1.165, 1.54) is 67.0 Å². The number of ketones is 1. The molecule has 0 radical (unpaired) electrons. The molecule has 6 aromatic carbocycles. The molecule has 16 heteroatoms. The van der Waals surface area contributed by atoms with Gasteiger partial charge in [0.2, 0.25) is 5.91 Å². The van der Waals surface area contributed by atoms with Gasteiger partial charge < -0.3 is 35.8 Å². The van der Waals surface area contributed by atoms with Crippen LogP contribution >= 0.6 is 0 Å². The van der Waals surface area contributed by atoms with Gasteiger partial charge in [-0.05, 0) is 98.0 Å². The number of hydrogen-bond acceptors (Lipinski definition) is 12. The van der Waals surface area contributed by atoms with Gasteiger partial charge in [-0.1, -0.05) is 146 Å². The summed E-state index contributed by atoms with van der Waals surface area (Å²) in [5, 5.41) is 11.9. The lowest BCUT2D eigenvalue weighted by molar-refractivity contribution is -0.141. The number of piperidine rings is 3. The molecule has 0 spiro atoms. The Morgan fingerprint density at radius 3 is 1.20 bits per heavy atom. The number of rotatable bonds is 19. The summed E-state index contributed by atoms with van der Waals surface area (Å²) in [6.07, 6.45) is 13.7. The molecular weight excluding hydrogens is 1090 g/mol. The number of amides is 5. The molecule has 3 saturated heterocycles. The van der Waals surface area contributed by atoms with Crippen molar-refractivity contribution < 1.29 is 38.7 Å². The van der Waals surface area contributed by atoms with Crippen molar-refractivity contribution in [3.63, 3.8) is 0 Å². The summed E-state index contributed by atoms with van der Waals surface area (Å²) in [6, 6.07) is 62.3. The highest BCUT2D eigenvalue weighted by atomic mass is 16.4. The number of aliphatic carboxylic acids is 1. The summed E-state index contributed by atoms with van der Waals surface area (Å²) in [5.41, 5.74) is 12.5. The van der Waals surface area contributed by atoms with Crippen LogP contribution in [-0.4, -0.2) is 155 Å². The van der Waals surface area contributed by atoms with E-state index >= 15 is 0 Å². The van der Waals surface area contributed by atoms with E-state index in [1.54, 1.807) is 0 Å². The second-order valence-corrected chi connectivity index (χ2v) is 22.0. The van der Waals surface area contributed by atoms with Crippen molar-refractivity contribution in [2.75, 3.05) is 87.9 Å². The normalized spacial score (nSPS) is 16.3. The maximum atomic E-state index is 13.2. The molecule has 0 unspecified atom stereocenters. The first-order chi connectivity index (χ1) is 42.4. The van der Waals surface area contributed by atoms with Crippen LogP contribution in [0.2, 0.25) is 0 Å². The second-order valence-electron chi connectivity index (χ2n) is 22.0. The van der Waals surface area contributed by atoms with Crippen LogP contribution in [0.5, 0.6) is 0 Å². The van der Waals surface area contributed by atoms with Gasteiger partial charge in [-0.15, -0.1) is 0 Å². The second kappa shape index (κ2) is 36.2. The third kappa shape index (κ3) is 23.5. The minimum atomic E-state index is -1.03. The van der Waals surface area contributed by atoms with Crippen LogP contribution in [0.15, 0.2) is 206 Å². The Kier molecular flexibility index (Phi) is 27.4. The maximum Gasteiger partial charge on any atom is 0.305 e. The number of carbonyl (C=O) groups is 7. The number of carboxylic acids is 1. The van der Waals surface area contributed by atoms with Gasteiger partial charge in [0.15, 0.2) is 0 Å². The van der Waals surface area contributed by atoms with E-state index in [1.807, 2.05) is 77.7 Å². The molecule has 456 valence electrons. The van der Waals surface area contributed by atoms with Crippen LogP contribution in [0, 0.1) is 0 Å². The molecule has 5 heterocycles. The molecule has 6 aromatic rings. The third-order valence-corrected chi connectivity index (χ3v) is 15.7. The number of anilines is 3. The van der Waals surface area contributed by atoms with E-state index in [-0.39, 0.29) is 49.7 Å². The first-order valence-electron chi connectivity index (χ1n) is 30.5. The number of benzene rings is 6. The fourth-order valence-electron chi connectivity index (χ4n) is 10.7. The van der Waals surface area contributed by atoms with Gasteiger partial charge in [0.25, 0.3) is 23.6 Å². The summed E-state index contributed by atoms with van der Waals surface area (Å²) in [5.74, 6) is -2.23. The molecule has 11 rings (SSSR count). The average molecular weight is 1180 g/mol. The van der Waals surface area contributed by atoms with E-state index < -0.39 is 17.8 Å². The number of nitrogens with two attached hydrogens (primary N) is 1. The molecule has 87 heavy (non-hydrogen) atoms. The molecule has 5 aliphatic rings. The number of hydrogen-bond donors (Lipinski definition) is 3. The number of carbonyl (C=O) groups excluding carboxylic acids is 6. The van der Waals surface area contributed by atoms with Crippen LogP contribution in [0.4, 0.5) is 17.1 Å². The molecule has 5 aliphatic heterocycles. The molecular formula is C71H84N8O8. The van der Waals surface area contributed by atoms with Crippen LogP contribution in [0.25, 0.3) is 0 Å². The van der Waals surface area contributed by atoms with Crippen LogP contribution in [0.1, 0.15) is 68.1 Å². The van der Waals surface area contributed by atoms with Gasteiger partial charge in [0.1, 0.15) is 5.78 Å². The number of para-hydroxylation sites is 3. The number of nitrogen functional groups attached to an aromatic ring is 1. The van der Waals surface area contributed by atoms with Crippen molar-refractivity contribution in [1.82, 2.24) is 24.5 Å². The maximum absolute atomic E-state index is 13.2. The zero-order chi connectivity index (χ0) is 61.4. The van der Waals surface area contributed by atoms with Crippen LogP contribution < -0.4 is 16.0 Å². The summed E-state index contributed by atoms with van der Waals surface area (Å²) in [6.45, 7) is 9.54. The first kappa shape index (κ1) is 65.7. The molecule has 16 nitrogen and oxygen atoms in total. The SMILES string of the molecule is Nc1ccccc1.O=C(O)CCN1C(=O)C=CC1=O.O=C1C=CC(=O)N1CCC(=O)N(c1ccccc1)C1CCN(CCc2ccccc2)CC1.O=C1CCN(CCc2ccccc2)CC1.c1ccc(CCN2CCC(Nc3ccccc3)CC2)cc1. The van der Waals surface area contributed by atoms with E-state index in [9.17, 15) is 33.6 Å². The predicted octanol–water partition coefficient (Wildman–Crippen LogP) is 9.40. The zero-order valence-electron chi connectivity index (χ0n) is 49.9. The molecule has 0 atom stereocenters. The van der Waals surface area contributed by atoms with Crippen LogP contribution in [-0.2, 0) is 52.8 Å². The van der Waals surface area contributed by atoms with Crippen molar-refractivity contribution in [3.05, 3.63) is 223 Å². The summed E-state index contributed by atoms with van der Waals surface area (Å²) in [4.78, 5) is 91.1. The minimum Gasteiger partial charge on any atom is -0.481 e. The fourth-order valence-corrected chi connectivity index (χ4v) is 10.7. The molecule has 0 bridgehead atoms. The van der Waals surface area contributed by atoms with Crippen molar-refractivity contribution in [1.29, 1.82) is 0 Å². The molecule has 4 N–H and O–H groups in total. The Bertz CT molecular complexity index is 3070. The van der Waals surface area contributed by atoms with Crippen LogP contribution in [0.3, 0.4) is 0 Å². The van der Waals surface area contributed by atoms with Crippen molar-refractivity contribution in [2.45, 2.75) is 82.7 Å². The van der Waals surface area contributed by atoms with Gasteiger partial charge >= 0.3 is 5.97 Å². The molecule has 0 aromatic heterocycles. The Morgan fingerprint density at radius 1 is 0.448 bits per heavy atom. The lowest BCUT2D eigenvalue weighted by Crippen LogP contribution is -2.48. The zero-order valence-corrected chi connectivity index (χ0v) is 49.9. The molecule has 5 amide bonds. The first-order valence-corrected chi connectivity index (χ1v) is 30.5. The quantitative estimate of drug-likeness (QED) is 0.0513. The fraction of sp³-hybridized carbons (Fsp3) is 0.338. The van der Waals surface area contributed by atoms with E-state index in [0.29, 0.717) is 11.8 Å². The topological polar surface area (TPSA) is 197 Å². The summed E-state index contributed by atoms with van der Waals surface area (Å²) in [7, 11) is 0. The third-order valence-electron chi connectivity index (χ3n) is 15.7. The van der Waals surface area contributed by atoms with Gasteiger partial charge in [-0.3, -0.25) is 43.4 Å².